The van der Waals surface area contributed by atoms with E-state index in [2.05, 4.69) is 4.99 Å². The second kappa shape index (κ2) is 6.99. The Kier molecular flexibility index (Phi) is 4.76. The lowest BCUT2D eigenvalue weighted by Crippen LogP contribution is -2.13. The van der Waals surface area contributed by atoms with Crippen molar-refractivity contribution in [1.29, 1.82) is 0 Å². The molecule has 0 saturated heterocycles. The number of aliphatic hydroxyl groups is 1. The maximum absolute atomic E-state index is 11.9. The van der Waals surface area contributed by atoms with E-state index >= 15 is 0 Å². The van der Waals surface area contributed by atoms with Crippen LogP contribution in [0.4, 0.5) is 0 Å². The Labute approximate surface area is 149 Å². The second-order valence-corrected chi connectivity index (χ2v) is 5.82. The summed E-state index contributed by atoms with van der Waals surface area (Å²) in [6.45, 7) is 3.57. The molecule has 0 atom stereocenters. The molecule has 0 fully saturated rings. The van der Waals surface area contributed by atoms with E-state index in [1.807, 2.05) is 12.1 Å². The van der Waals surface area contributed by atoms with Crippen molar-refractivity contribution in [3.63, 3.8) is 0 Å². The number of aliphatic imine (C=N–C) groups is 1. The third-order valence-electron chi connectivity index (χ3n) is 3.62. The summed E-state index contributed by atoms with van der Waals surface area (Å²) in [4.78, 5) is 16.1. The molecule has 1 aliphatic rings. The fraction of sp³-hybridized carbons (Fsp3) is 0.158. The van der Waals surface area contributed by atoms with Crippen LogP contribution in [-0.4, -0.2) is 23.4 Å². The van der Waals surface area contributed by atoms with E-state index in [1.165, 1.54) is 0 Å². The number of benzene rings is 1. The summed E-state index contributed by atoms with van der Waals surface area (Å²) in [6, 6.07) is 10.9. The van der Waals surface area contributed by atoms with Crippen LogP contribution in [0, 0.1) is 0 Å². The number of carbonyl (C=O) groups excluding carboxylic acids is 1. The third-order valence-corrected chi connectivity index (χ3v) is 3.86. The Hall–Kier alpha value is -2.79. The standard InChI is InChI=1S/C19H16ClNO4/c1-3-24-19(23)17-11(2)21-15(18(17)22)10-14-7-8-16(25-14)12-5-4-6-13(20)9-12/h4-10,22H,3H2,1-2H3. The van der Waals surface area contributed by atoms with Gasteiger partial charge in [-0.2, -0.15) is 0 Å². The molecular weight excluding hydrogens is 342 g/mol. The van der Waals surface area contributed by atoms with Crippen LogP contribution < -0.4 is 0 Å². The lowest BCUT2D eigenvalue weighted by molar-refractivity contribution is -0.138. The summed E-state index contributed by atoms with van der Waals surface area (Å²) in [5, 5.41) is 10.9. The van der Waals surface area contributed by atoms with Crippen LogP contribution >= 0.6 is 11.6 Å². The van der Waals surface area contributed by atoms with Crippen LogP contribution in [0.2, 0.25) is 5.02 Å². The van der Waals surface area contributed by atoms with Crippen molar-refractivity contribution in [2.24, 2.45) is 4.99 Å². The largest absolute Gasteiger partial charge is 0.505 e. The van der Waals surface area contributed by atoms with Gasteiger partial charge in [-0.15, -0.1) is 0 Å². The highest BCUT2D eigenvalue weighted by atomic mass is 35.5. The van der Waals surface area contributed by atoms with Crippen molar-refractivity contribution >= 4 is 29.4 Å². The summed E-state index contributed by atoms with van der Waals surface area (Å²) in [5.74, 6) is 0.334. The molecule has 3 rings (SSSR count). The number of carbonyl (C=O) groups is 1. The fourth-order valence-electron chi connectivity index (χ4n) is 2.50. The average molecular weight is 358 g/mol. The van der Waals surface area contributed by atoms with E-state index < -0.39 is 5.97 Å². The highest BCUT2D eigenvalue weighted by molar-refractivity contribution is 6.30. The van der Waals surface area contributed by atoms with Crippen molar-refractivity contribution in [1.82, 2.24) is 0 Å². The van der Waals surface area contributed by atoms with Crippen molar-refractivity contribution in [2.45, 2.75) is 13.8 Å². The Bertz CT molecular complexity index is 921. The van der Waals surface area contributed by atoms with E-state index in [0.29, 0.717) is 22.3 Å². The lowest BCUT2D eigenvalue weighted by atomic mass is 10.1. The zero-order valence-electron chi connectivity index (χ0n) is 13.7. The minimum Gasteiger partial charge on any atom is -0.505 e. The summed E-state index contributed by atoms with van der Waals surface area (Å²) < 4.78 is 10.7. The Balaban J connectivity index is 1.91. The summed E-state index contributed by atoms with van der Waals surface area (Å²) in [6.07, 6.45) is 1.57. The quantitative estimate of drug-likeness (QED) is 0.798. The predicted octanol–water partition coefficient (Wildman–Crippen LogP) is 4.79. The number of hydrogen-bond donors (Lipinski definition) is 1. The molecule has 6 heteroatoms. The van der Waals surface area contributed by atoms with Crippen LogP contribution in [0.15, 0.2) is 62.8 Å². The number of ether oxygens (including phenoxy) is 1. The minimum absolute atomic E-state index is 0.0784. The predicted molar refractivity (Wildman–Crippen MR) is 96.5 cm³/mol. The highest BCUT2D eigenvalue weighted by Crippen LogP contribution is 2.29. The van der Waals surface area contributed by atoms with Crippen LogP contribution in [-0.2, 0) is 9.53 Å². The smallest absolute Gasteiger partial charge is 0.343 e. The topological polar surface area (TPSA) is 72.0 Å². The number of aliphatic hydroxyl groups excluding tert-OH is 1. The van der Waals surface area contributed by atoms with E-state index in [-0.39, 0.29) is 23.6 Å². The van der Waals surface area contributed by atoms with Gasteiger partial charge in [-0.25, -0.2) is 9.79 Å². The number of halogens is 1. The van der Waals surface area contributed by atoms with Gasteiger partial charge in [0.1, 0.15) is 22.8 Å². The van der Waals surface area contributed by atoms with Gasteiger partial charge in [0.25, 0.3) is 0 Å². The van der Waals surface area contributed by atoms with Gasteiger partial charge < -0.3 is 14.3 Å². The Morgan fingerprint density at radius 2 is 2.16 bits per heavy atom. The zero-order valence-corrected chi connectivity index (χ0v) is 14.5. The van der Waals surface area contributed by atoms with Crippen molar-refractivity contribution in [2.75, 3.05) is 6.61 Å². The number of esters is 1. The van der Waals surface area contributed by atoms with E-state index in [4.69, 9.17) is 20.8 Å². The molecule has 2 aromatic rings. The van der Waals surface area contributed by atoms with E-state index in [0.717, 1.165) is 5.56 Å². The molecule has 0 aliphatic carbocycles. The number of nitrogens with zero attached hydrogens (tertiary/aromatic N) is 1. The first-order valence-corrected chi connectivity index (χ1v) is 8.11. The van der Waals surface area contributed by atoms with Gasteiger partial charge in [0.2, 0.25) is 0 Å². The molecule has 128 valence electrons. The van der Waals surface area contributed by atoms with Crippen LogP contribution in [0.1, 0.15) is 19.6 Å². The molecule has 0 spiro atoms. The average Bonchev–Trinajstić information content (AvgIpc) is 3.13. The van der Waals surface area contributed by atoms with Gasteiger partial charge in [-0.3, -0.25) is 0 Å². The van der Waals surface area contributed by atoms with Crippen LogP contribution in [0.3, 0.4) is 0 Å². The molecule has 0 radical (unpaired) electrons. The van der Waals surface area contributed by atoms with Crippen LogP contribution in [0.25, 0.3) is 17.4 Å². The molecule has 0 saturated carbocycles. The van der Waals surface area contributed by atoms with E-state index in [9.17, 15) is 9.90 Å². The molecule has 1 N–H and O–H groups in total. The maximum atomic E-state index is 11.9. The first-order chi connectivity index (χ1) is 12.0. The third kappa shape index (κ3) is 3.51. The molecule has 1 aromatic carbocycles. The molecule has 5 nitrogen and oxygen atoms in total. The Morgan fingerprint density at radius 1 is 1.36 bits per heavy atom. The van der Waals surface area contributed by atoms with Crippen molar-refractivity contribution < 1.29 is 19.1 Å². The molecule has 0 amide bonds. The first kappa shape index (κ1) is 17.0. The van der Waals surface area contributed by atoms with E-state index in [1.54, 1.807) is 44.2 Å². The molecule has 0 unspecified atom stereocenters. The molecule has 0 bridgehead atoms. The molecular formula is C19H16ClNO4. The van der Waals surface area contributed by atoms with Crippen LogP contribution in [0.5, 0.6) is 0 Å². The zero-order chi connectivity index (χ0) is 18.0. The second-order valence-electron chi connectivity index (χ2n) is 5.38. The van der Waals surface area contributed by atoms with Gasteiger partial charge in [-0.05, 0) is 38.1 Å². The minimum atomic E-state index is -0.594. The lowest BCUT2D eigenvalue weighted by Gasteiger charge is -2.02. The number of furan rings is 1. The fourth-order valence-corrected chi connectivity index (χ4v) is 2.69. The van der Waals surface area contributed by atoms with Gasteiger partial charge in [-0.1, -0.05) is 23.7 Å². The van der Waals surface area contributed by atoms with Gasteiger partial charge in [0.15, 0.2) is 5.76 Å². The van der Waals surface area contributed by atoms with Crippen molar-refractivity contribution in [3.05, 3.63) is 64.2 Å². The summed E-state index contributed by atoms with van der Waals surface area (Å²) in [5.41, 5.74) is 1.58. The highest BCUT2D eigenvalue weighted by Gasteiger charge is 2.27. The molecule has 2 heterocycles. The molecule has 1 aliphatic heterocycles. The number of hydrogen-bond acceptors (Lipinski definition) is 5. The van der Waals surface area contributed by atoms with Gasteiger partial charge >= 0.3 is 5.97 Å². The molecule has 25 heavy (non-hydrogen) atoms. The van der Waals surface area contributed by atoms with Crippen molar-refractivity contribution in [3.8, 4) is 11.3 Å². The summed E-state index contributed by atoms with van der Waals surface area (Å²) >= 11 is 5.99. The monoisotopic (exact) mass is 357 g/mol. The SMILES string of the molecule is CCOC(=O)C1=C(O)C(=Cc2ccc(-c3cccc(Cl)c3)o2)N=C1C. The molecule has 1 aromatic heterocycles. The number of rotatable bonds is 4. The summed E-state index contributed by atoms with van der Waals surface area (Å²) in [7, 11) is 0. The Morgan fingerprint density at radius 3 is 2.88 bits per heavy atom. The normalized spacial score (nSPS) is 15.6. The van der Waals surface area contributed by atoms with Gasteiger partial charge in [0, 0.05) is 16.7 Å². The maximum Gasteiger partial charge on any atom is 0.343 e. The first-order valence-electron chi connectivity index (χ1n) is 7.73. The van der Waals surface area contributed by atoms with Gasteiger partial charge in [0.05, 0.1) is 12.3 Å².